The number of aromatic nitrogens is 2. The second kappa shape index (κ2) is 5.59. The van der Waals surface area contributed by atoms with Crippen LogP contribution in [0.1, 0.15) is 5.69 Å². The first-order valence-electron chi connectivity index (χ1n) is 6.98. The Labute approximate surface area is 128 Å². The van der Waals surface area contributed by atoms with Gasteiger partial charge in [-0.3, -0.25) is 0 Å². The van der Waals surface area contributed by atoms with E-state index in [1.165, 1.54) is 7.11 Å². The van der Waals surface area contributed by atoms with E-state index >= 15 is 0 Å². The monoisotopic (exact) mass is 302 g/mol. The molecule has 1 aliphatic rings. The van der Waals surface area contributed by atoms with Gasteiger partial charge in [-0.2, -0.15) is 5.10 Å². The number of methoxy groups -OCH3 is 1. The van der Waals surface area contributed by atoms with Gasteiger partial charge in [-0.25, -0.2) is 9.48 Å². The molecule has 7 nitrogen and oxygen atoms in total. The lowest BCUT2D eigenvalue weighted by Gasteiger charge is -2.37. The minimum absolute atomic E-state index is 0.0480. The molecule has 22 heavy (non-hydrogen) atoms. The first-order chi connectivity index (χ1) is 10.5. The number of anilines is 1. The number of carbonyl (C=O) groups is 1. The van der Waals surface area contributed by atoms with Gasteiger partial charge in [0.1, 0.15) is 11.9 Å². The highest BCUT2D eigenvalue weighted by atomic mass is 16.5. The minimum Gasteiger partial charge on any atom is -0.487 e. The van der Waals surface area contributed by atoms with E-state index in [9.17, 15) is 4.79 Å². The zero-order valence-electron chi connectivity index (χ0n) is 12.5. The third-order valence-electron chi connectivity index (χ3n) is 3.48. The van der Waals surface area contributed by atoms with Crippen LogP contribution >= 0.6 is 0 Å². The Balaban J connectivity index is 1.70. The highest BCUT2D eigenvalue weighted by Crippen LogP contribution is 2.24. The Morgan fingerprint density at radius 2 is 2.14 bits per heavy atom. The van der Waals surface area contributed by atoms with Gasteiger partial charge in [-0.1, -0.05) is 0 Å². The summed E-state index contributed by atoms with van der Waals surface area (Å²) in [5.74, 6) is 0.665. The van der Waals surface area contributed by atoms with E-state index in [0.717, 1.165) is 11.4 Å². The van der Waals surface area contributed by atoms with E-state index < -0.39 is 0 Å². The predicted octanol–water partition coefficient (Wildman–Crippen LogP) is 1.59. The molecule has 0 saturated carbocycles. The molecule has 1 fully saturated rings. The first kappa shape index (κ1) is 14.2. The van der Waals surface area contributed by atoms with E-state index in [1.807, 2.05) is 31.3 Å². The van der Waals surface area contributed by atoms with Gasteiger partial charge in [0.15, 0.2) is 0 Å². The topological polar surface area (TPSA) is 82.6 Å². The van der Waals surface area contributed by atoms with Crippen LogP contribution in [0.25, 0.3) is 5.69 Å². The van der Waals surface area contributed by atoms with Gasteiger partial charge in [0, 0.05) is 24.0 Å². The van der Waals surface area contributed by atoms with Crippen molar-refractivity contribution in [3.63, 3.8) is 0 Å². The summed E-state index contributed by atoms with van der Waals surface area (Å²) >= 11 is 0. The zero-order valence-corrected chi connectivity index (χ0v) is 12.5. The largest absolute Gasteiger partial charge is 0.487 e. The van der Waals surface area contributed by atoms with E-state index in [4.69, 9.17) is 10.5 Å². The number of ether oxygens (including phenoxy) is 2. The van der Waals surface area contributed by atoms with Crippen molar-refractivity contribution < 1.29 is 14.3 Å². The molecular weight excluding hydrogens is 284 g/mol. The highest BCUT2D eigenvalue weighted by molar-refractivity contribution is 5.68. The van der Waals surface area contributed by atoms with Crippen molar-refractivity contribution in [2.24, 2.45) is 0 Å². The summed E-state index contributed by atoms with van der Waals surface area (Å²) in [6.07, 6.45) is 1.49. The molecule has 2 N–H and O–H groups in total. The Morgan fingerprint density at radius 1 is 1.36 bits per heavy atom. The molecule has 1 aromatic heterocycles. The predicted molar refractivity (Wildman–Crippen MR) is 81.1 cm³/mol. The standard InChI is InChI=1S/C15H18N4O3/c1-10-3-4-19(17-10)12-5-11(16)6-13(7-12)22-14-8-18(9-14)15(20)21-2/h3-7,14H,8-9,16H2,1-2H3. The number of hydrogen-bond donors (Lipinski definition) is 1. The maximum atomic E-state index is 11.3. The zero-order chi connectivity index (χ0) is 15.7. The number of benzene rings is 1. The molecule has 2 aromatic rings. The molecule has 1 aromatic carbocycles. The summed E-state index contributed by atoms with van der Waals surface area (Å²) in [5, 5.41) is 4.36. The van der Waals surface area contributed by atoms with E-state index in [0.29, 0.717) is 24.5 Å². The summed E-state index contributed by atoms with van der Waals surface area (Å²) in [6, 6.07) is 7.40. The van der Waals surface area contributed by atoms with Crippen LogP contribution in [0.5, 0.6) is 5.75 Å². The van der Waals surface area contributed by atoms with Gasteiger partial charge in [0.05, 0.1) is 31.6 Å². The lowest BCUT2D eigenvalue weighted by atomic mass is 10.2. The fourth-order valence-corrected chi connectivity index (χ4v) is 2.35. The fraction of sp³-hybridized carbons (Fsp3) is 0.333. The van der Waals surface area contributed by atoms with Crippen molar-refractivity contribution in [2.75, 3.05) is 25.9 Å². The normalized spacial score (nSPS) is 14.5. The van der Waals surface area contributed by atoms with Crippen molar-refractivity contribution >= 4 is 11.8 Å². The lowest BCUT2D eigenvalue weighted by molar-refractivity contribution is 0.0183. The molecule has 3 rings (SSSR count). The second-order valence-corrected chi connectivity index (χ2v) is 5.28. The third-order valence-corrected chi connectivity index (χ3v) is 3.48. The number of nitrogen functional groups attached to an aromatic ring is 1. The molecule has 0 bridgehead atoms. The number of nitrogens with zero attached hydrogens (tertiary/aromatic N) is 3. The Morgan fingerprint density at radius 3 is 2.77 bits per heavy atom. The van der Waals surface area contributed by atoms with Crippen LogP contribution in [-0.4, -0.2) is 47.1 Å². The van der Waals surface area contributed by atoms with Crippen LogP contribution in [0.2, 0.25) is 0 Å². The van der Waals surface area contributed by atoms with Crippen LogP contribution in [0.15, 0.2) is 30.5 Å². The van der Waals surface area contributed by atoms with E-state index in [1.54, 1.807) is 15.6 Å². The lowest BCUT2D eigenvalue weighted by Crippen LogP contribution is -2.56. The molecule has 7 heteroatoms. The van der Waals surface area contributed by atoms with E-state index in [-0.39, 0.29) is 12.2 Å². The molecule has 116 valence electrons. The van der Waals surface area contributed by atoms with Crippen LogP contribution in [0.4, 0.5) is 10.5 Å². The van der Waals surface area contributed by atoms with Gasteiger partial charge in [-0.05, 0) is 19.1 Å². The average molecular weight is 302 g/mol. The van der Waals surface area contributed by atoms with Gasteiger partial charge >= 0.3 is 6.09 Å². The van der Waals surface area contributed by atoms with Gasteiger partial charge < -0.3 is 20.1 Å². The van der Waals surface area contributed by atoms with Crippen LogP contribution in [0, 0.1) is 6.92 Å². The Bertz CT molecular complexity index is 692. The minimum atomic E-state index is -0.333. The Kier molecular flexibility index (Phi) is 3.62. The molecule has 0 spiro atoms. The number of rotatable bonds is 3. The quantitative estimate of drug-likeness (QED) is 0.871. The first-order valence-corrected chi connectivity index (χ1v) is 6.98. The van der Waals surface area contributed by atoms with Crippen molar-refractivity contribution in [2.45, 2.75) is 13.0 Å². The number of amides is 1. The molecule has 0 aliphatic carbocycles. The third kappa shape index (κ3) is 2.83. The molecule has 0 radical (unpaired) electrons. The van der Waals surface area contributed by atoms with Crippen LogP contribution < -0.4 is 10.5 Å². The molecule has 1 amide bonds. The summed E-state index contributed by atoms with van der Waals surface area (Å²) in [5.41, 5.74) is 8.30. The highest BCUT2D eigenvalue weighted by Gasteiger charge is 2.33. The number of likely N-dealkylation sites (tertiary alicyclic amines) is 1. The van der Waals surface area contributed by atoms with Crippen molar-refractivity contribution in [1.29, 1.82) is 0 Å². The molecule has 1 aliphatic heterocycles. The molecule has 1 saturated heterocycles. The van der Waals surface area contributed by atoms with Gasteiger partial charge in [-0.15, -0.1) is 0 Å². The van der Waals surface area contributed by atoms with Crippen molar-refractivity contribution in [3.05, 3.63) is 36.2 Å². The maximum absolute atomic E-state index is 11.3. The molecule has 2 heterocycles. The van der Waals surface area contributed by atoms with Crippen molar-refractivity contribution in [1.82, 2.24) is 14.7 Å². The van der Waals surface area contributed by atoms with E-state index in [2.05, 4.69) is 9.84 Å². The smallest absolute Gasteiger partial charge is 0.409 e. The molecular formula is C15H18N4O3. The maximum Gasteiger partial charge on any atom is 0.409 e. The summed E-state index contributed by atoms with van der Waals surface area (Å²) in [6.45, 7) is 2.95. The average Bonchev–Trinajstić information content (AvgIpc) is 2.88. The Hall–Kier alpha value is -2.70. The van der Waals surface area contributed by atoms with Crippen molar-refractivity contribution in [3.8, 4) is 11.4 Å². The number of carbonyl (C=O) groups excluding carboxylic acids is 1. The summed E-state index contributed by atoms with van der Waals surface area (Å²) < 4.78 is 12.3. The van der Waals surface area contributed by atoms with Gasteiger partial charge in [0.2, 0.25) is 0 Å². The SMILES string of the molecule is COC(=O)N1CC(Oc2cc(N)cc(-n3ccc(C)n3)c2)C1. The van der Waals surface area contributed by atoms with Crippen LogP contribution in [-0.2, 0) is 4.74 Å². The van der Waals surface area contributed by atoms with Crippen LogP contribution in [0.3, 0.4) is 0 Å². The second-order valence-electron chi connectivity index (χ2n) is 5.28. The molecule has 0 unspecified atom stereocenters. The summed E-state index contributed by atoms with van der Waals surface area (Å²) in [4.78, 5) is 12.9. The number of hydrogen-bond acceptors (Lipinski definition) is 5. The van der Waals surface area contributed by atoms with Gasteiger partial charge in [0.25, 0.3) is 0 Å². The number of aryl methyl sites for hydroxylation is 1. The molecule has 0 atom stereocenters. The number of nitrogens with two attached hydrogens (primary N) is 1. The summed E-state index contributed by atoms with van der Waals surface area (Å²) in [7, 11) is 1.37. The fourth-order valence-electron chi connectivity index (χ4n) is 2.35.